The number of aromatic nitrogens is 1. The molecular weight excluding hydrogens is 366 g/mol. The highest BCUT2D eigenvalue weighted by Gasteiger charge is 2.34. The second-order valence-corrected chi connectivity index (χ2v) is 8.00. The summed E-state index contributed by atoms with van der Waals surface area (Å²) >= 11 is 0. The summed E-state index contributed by atoms with van der Waals surface area (Å²) in [5.74, 6) is 0.747. The standard InChI is InChI=1S/C23H31N3O3/c1-17(2)25(22(27)14-18-7-11-21(29-4)12-8-18)16-23(28)26(19-9-10-19)15-20-6-5-13-24(20)3/h5-8,11-13,17,19H,9-10,14-16H2,1-4H3. The summed E-state index contributed by atoms with van der Waals surface area (Å²) < 4.78 is 7.21. The van der Waals surface area contributed by atoms with E-state index in [-0.39, 0.29) is 30.8 Å². The maximum atomic E-state index is 13.1. The third-order valence-electron chi connectivity index (χ3n) is 5.46. The van der Waals surface area contributed by atoms with Gasteiger partial charge in [-0.15, -0.1) is 0 Å². The quantitative estimate of drug-likeness (QED) is 0.654. The van der Waals surface area contributed by atoms with Gasteiger partial charge < -0.3 is 19.1 Å². The average Bonchev–Trinajstić information content (AvgIpc) is 3.46. The molecule has 0 bridgehead atoms. The van der Waals surface area contributed by atoms with Crippen molar-refractivity contribution in [2.24, 2.45) is 7.05 Å². The van der Waals surface area contributed by atoms with Crippen LogP contribution in [0.25, 0.3) is 0 Å². The minimum Gasteiger partial charge on any atom is -0.497 e. The van der Waals surface area contributed by atoms with E-state index in [1.54, 1.807) is 12.0 Å². The van der Waals surface area contributed by atoms with Crippen molar-refractivity contribution in [1.29, 1.82) is 0 Å². The number of methoxy groups -OCH3 is 1. The van der Waals surface area contributed by atoms with Crippen LogP contribution in [0.5, 0.6) is 5.75 Å². The molecule has 1 aromatic carbocycles. The number of nitrogens with zero attached hydrogens (tertiary/aromatic N) is 3. The molecule has 0 radical (unpaired) electrons. The van der Waals surface area contributed by atoms with Crippen LogP contribution in [0, 0.1) is 0 Å². The Kier molecular flexibility index (Phi) is 6.62. The van der Waals surface area contributed by atoms with Gasteiger partial charge in [0.05, 0.1) is 20.1 Å². The molecule has 1 heterocycles. The van der Waals surface area contributed by atoms with Crippen LogP contribution in [-0.4, -0.2) is 51.9 Å². The Labute approximate surface area is 173 Å². The van der Waals surface area contributed by atoms with Crippen LogP contribution in [0.3, 0.4) is 0 Å². The second-order valence-electron chi connectivity index (χ2n) is 8.00. The van der Waals surface area contributed by atoms with Gasteiger partial charge >= 0.3 is 0 Å². The van der Waals surface area contributed by atoms with Gasteiger partial charge in [-0.1, -0.05) is 12.1 Å². The van der Waals surface area contributed by atoms with Gasteiger partial charge in [0.25, 0.3) is 0 Å². The molecule has 6 nitrogen and oxygen atoms in total. The molecule has 1 aliphatic carbocycles. The van der Waals surface area contributed by atoms with Crippen molar-refractivity contribution in [3.63, 3.8) is 0 Å². The molecule has 0 aliphatic heterocycles. The van der Waals surface area contributed by atoms with Crippen LogP contribution in [0.4, 0.5) is 0 Å². The molecule has 0 atom stereocenters. The predicted octanol–water partition coefficient (Wildman–Crippen LogP) is 3.00. The van der Waals surface area contributed by atoms with E-state index in [4.69, 9.17) is 4.74 Å². The zero-order valence-electron chi connectivity index (χ0n) is 17.8. The summed E-state index contributed by atoms with van der Waals surface area (Å²) in [6.45, 7) is 4.62. The number of benzene rings is 1. The van der Waals surface area contributed by atoms with Crippen molar-refractivity contribution in [2.75, 3.05) is 13.7 Å². The van der Waals surface area contributed by atoms with Gasteiger partial charge in [-0.3, -0.25) is 9.59 Å². The summed E-state index contributed by atoms with van der Waals surface area (Å²) in [6.07, 6.45) is 4.34. The van der Waals surface area contributed by atoms with E-state index in [1.807, 2.05) is 73.0 Å². The van der Waals surface area contributed by atoms with Crippen LogP contribution in [0.2, 0.25) is 0 Å². The van der Waals surface area contributed by atoms with Gasteiger partial charge in [-0.25, -0.2) is 0 Å². The van der Waals surface area contributed by atoms with E-state index in [2.05, 4.69) is 0 Å². The Hall–Kier alpha value is -2.76. The van der Waals surface area contributed by atoms with Crippen LogP contribution in [-0.2, 0) is 29.6 Å². The lowest BCUT2D eigenvalue weighted by Crippen LogP contribution is -2.47. The number of aryl methyl sites for hydroxylation is 1. The molecule has 1 aliphatic rings. The van der Waals surface area contributed by atoms with Gasteiger partial charge in [-0.05, 0) is 56.5 Å². The fourth-order valence-corrected chi connectivity index (χ4v) is 3.46. The van der Waals surface area contributed by atoms with Crippen LogP contribution < -0.4 is 4.74 Å². The smallest absolute Gasteiger partial charge is 0.242 e. The number of hydrogen-bond acceptors (Lipinski definition) is 3. The van der Waals surface area contributed by atoms with Crippen molar-refractivity contribution < 1.29 is 14.3 Å². The number of carbonyl (C=O) groups is 2. The molecule has 0 N–H and O–H groups in total. The zero-order chi connectivity index (χ0) is 21.0. The van der Waals surface area contributed by atoms with E-state index in [0.717, 1.165) is 29.8 Å². The lowest BCUT2D eigenvalue weighted by atomic mass is 10.1. The van der Waals surface area contributed by atoms with Crippen LogP contribution in [0.15, 0.2) is 42.6 Å². The molecule has 1 fully saturated rings. The van der Waals surface area contributed by atoms with Gasteiger partial charge in [0.2, 0.25) is 11.8 Å². The van der Waals surface area contributed by atoms with Crippen molar-refractivity contribution in [1.82, 2.24) is 14.4 Å². The molecule has 1 saturated carbocycles. The molecule has 6 heteroatoms. The highest BCUT2D eigenvalue weighted by Crippen LogP contribution is 2.29. The molecular formula is C23H31N3O3. The van der Waals surface area contributed by atoms with Gasteiger partial charge in [0.15, 0.2) is 0 Å². The maximum absolute atomic E-state index is 13.1. The molecule has 156 valence electrons. The molecule has 3 rings (SSSR count). The molecule has 1 aromatic heterocycles. The van der Waals surface area contributed by atoms with Crippen LogP contribution in [0.1, 0.15) is 37.9 Å². The molecule has 0 spiro atoms. The fraction of sp³-hybridized carbons (Fsp3) is 0.478. The Morgan fingerprint density at radius 1 is 1.14 bits per heavy atom. The van der Waals surface area contributed by atoms with Crippen molar-refractivity contribution in [2.45, 2.75) is 51.7 Å². The summed E-state index contributed by atoms with van der Waals surface area (Å²) in [6, 6.07) is 11.8. The van der Waals surface area contributed by atoms with Gasteiger partial charge in [0.1, 0.15) is 12.3 Å². The Bertz CT molecular complexity index is 837. The predicted molar refractivity (Wildman–Crippen MR) is 113 cm³/mol. The van der Waals surface area contributed by atoms with Crippen molar-refractivity contribution in [3.8, 4) is 5.75 Å². The van der Waals surface area contributed by atoms with Gasteiger partial charge in [-0.2, -0.15) is 0 Å². The number of ether oxygens (including phenoxy) is 1. The van der Waals surface area contributed by atoms with Crippen molar-refractivity contribution in [3.05, 3.63) is 53.9 Å². The number of rotatable bonds is 9. The topological polar surface area (TPSA) is 54.8 Å². The SMILES string of the molecule is COc1ccc(CC(=O)N(CC(=O)N(Cc2cccn2C)C2CC2)C(C)C)cc1. The maximum Gasteiger partial charge on any atom is 0.242 e. The Morgan fingerprint density at radius 3 is 2.34 bits per heavy atom. The average molecular weight is 398 g/mol. The van der Waals surface area contributed by atoms with Gasteiger partial charge in [0, 0.05) is 31.0 Å². The zero-order valence-corrected chi connectivity index (χ0v) is 17.8. The van der Waals surface area contributed by atoms with E-state index in [0.29, 0.717) is 12.6 Å². The third kappa shape index (κ3) is 5.40. The van der Waals surface area contributed by atoms with E-state index in [9.17, 15) is 9.59 Å². The molecule has 0 saturated heterocycles. The summed E-state index contributed by atoms with van der Waals surface area (Å²) in [5, 5.41) is 0. The highest BCUT2D eigenvalue weighted by molar-refractivity contribution is 5.86. The summed E-state index contributed by atoms with van der Waals surface area (Å²) in [5.41, 5.74) is 2.02. The van der Waals surface area contributed by atoms with E-state index in [1.165, 1.54) is 0 Å². The van der Waals surface area contributed by atoms with E-state index < -0.39 is 0 Å². The number of amides is 2. The first-order valence-corrected chi connectivity index (χ1v) is 10.2. The fourth-order valence-electron chi connectivity index (χ4n) is 3.46. The first-order chi connectivity index (χ1) is 13.9. The van der Waals surface area contributed by atoms with Crippen LogP contribution >= 0.6 is 0 Å². The first kappa shape index (κ1) is 21.0. The lowest BCUT2D eigenvalue weighted by Gasteiger charge is -2.30. The largest absolute Gasteiger partial charge is 0.497 e. The monoisotopic (exact) mass is 397 g/mol. The summed E-state index contributed by atoms with van der Waals surface area (Å²) in [7, 11) is 3.61. The molecule has 2 amide bonds. The molecule has 2 aromatic rings. The minimum absolute atomic E-state index is 0.0190. The number of carbonyl (C=O) groups excluding carboxylic acids is 2. The second kappa shape index (κ2) is 9.16. The minimum atomic E-state index is -0.0409. The molecule has 29 heavy (non-hydrogen) atoms. The number of hydrogen-bond donors (Lipinski definition) is 0. The first-order valence-electron chi connectivity index (χ1n) is 10.2. The normalized spacial score (nSPS) is 13.4. The van der Waals surface area contributed by atoms with E-state index >= 15 is 0 Å². The highest BCUT2D eigenvalue weighted by atomic mass is 16.5. The molecule has 0 unspecified atom stereocenters. The van der Waals surface area contributed by atoms with Crippen molar-refractivity contribution >= 4 is 11.8 Å². The summed E-state index contributed by atoms with van der Waals surface area (Å²) in [4.78, 5) is 29.7. The Morgan fingerprint density at radius 2 is 1.83 bits per heavy atom. The third-order valence-corrected chi connectivity index (χ3v) is 5.46. The Balaban J connectivity index is 1.66. The lowest BCUT2D eigenvalue weighted by molar-refractivity contribution is -0.142.